The van der Waals surface area contributed by atoms with E-state index < -0.39 is 17.7 Å². The number of hydrogen-bond donors (Lipinski definition) is 4. The number of anilines is 1. The summed E-state index contributed by atoms with van der Waals surface area (Å²) in [6, 6.07) is 16.5. The molecule has 3 aliphatic rings. The standard InChI is InChI=1S/C40H55N5O6/c1-3-45(4-2)32-12-13-35-31(26-32)27-36(50-35)51-39(48)44-40(18-8-9-19-40)38(47)43-34(25-28-10-6-5-7-11-28)37(46)42-33(30-14-20-41-21-15-30)24-29-16-22-49-23-17-29/h5-7,10-13,26-27,29-30,33-34,41H,3-4,8-9,14-25H2,1-2H3,(H,42,46)(H,43,47)(H,44,48)/t33-,34?/m1/s1. The summed E-state index contributed by atoms with van der Waals surface area (Å²) < 4.78 is 17.1. The van der Waals surface area contributed by atoms with E-state index in [1.165, 1.54) is 0 Å². The van der Waals surface area contributed by atoms with E-state index in [0.717, 1.165) is 101 Å². The van der Waals surface area contributed by atoms with Gasteiger partial charge in [0.05, 0.1) is 0 Å². The van der Waals surface area contributed by atoms with Gasteiger partial charge >= 0.3 is 6.09 Å². The molecular formula is C40H55N5O6. The van der Waals surface area contributed by atoms with Crippen molar-refractivity contribution in [2.75, 3.05) is 44.3 Å². The Labute approximate surface area is 301 Å². The zero-order valence-electron chi connectivity index (χ0n) is 30.2. The van der Waals surface area contributed by atoms with Crippen LogP contribution in [0.3, 0.4) is 0 Å². The lowest BCUT2D eigenvalue weighted by Gasteiger charge is -2.36. The second-order valence-electron chi connectivity index (χ2n) is 14.5. The lowest BCUT2D eigenvalue weighted by Crippen LogP contribution is -2.62. The number of rotatable bonds is 14. The van der Waals surface area contributed by atoms with Gasteiger partial charge in [-0.05, 0) is 107 Å². The highest BCUT2D eigenvalue weighted by atomic mass is 16.6. The van der Waals surface area contributed by atoms with E-state index in [-0.39, 0.29) is 23.8 Å². The maximum atomic E-state index is 14.3. The number of fused-ring (bicyclic) bond motifs is 1. The van der Waals surface area contributed by atoms with Gasteiger partial charge in [-0.15, -0.1) is 0 Å². The second kappa shape index (κ2) is 17.4. The van der Waals surface area contributed by atoms with Gasteiger partial charge in [0.25, 0.3) is 5.95 Å². The van der Waals surface area contributed by atoms with E-state index in [0.29, 0.717) is 36.7 Å². The monoisotopic (exact) mass is 701 g/mol. The molecule has 1 unspecified atom stereocenters. The van der Waals surface area contributed by atoms with Crippen LogP contribution in [-0.4, -0.2) is 74.9 Å². The largest absolute Gasteiger partial charge is 0.425 e. The summed E-state index contributed by atoms with van der Waals surface area (Å²) in [6.45, 7) is 9.35. The van der Waals surface area contributed by atoms with Gasteiger partial charge in [-0.3, -0.25) is 9.59 Å². The van der Waals surface area contributed by atoms with Crippen molar-refractivity contribution in [1.82, 2.24) is 21.3 Å². The maximum absolute atomic E-state index is 14.3. The first-order valence-corrected chi connectivity index (χ1v) is 19.1. The first-order valence-electron chi connectivity index (χ1n) is 19.1. The highest BCUT2D eigenvalue weighted by molar-refractivity contribution is 5.95. The fraction of sp³-hybridized carbons (Fsp3) is 0.575. The molecule has 1 saturated carbocycles. The van der Waals surface area contributed by atoms with Gasteiger partial charge in [0.1, 0.15) is 17.2 Å². The molecule has 4 N–H and O–H groups in total. The van der Waals surface area contributed by atoms with E-state index in [1.54, 1.807) is 6.07 Å². The quantitative estimate of drug-likeness (QED) is 0.168. The maximum Gasteiger partial charge on any atom is 0.415 e. The second-order valence-corrected chi connectivity index (χ2v) is 14.5. The topological polar surface area (TPSA) is 134 Å². The van der Waals surface area contributed by atoms with Crippen molar-refractivity contribution in [2.24, 2.45) is 11.8 Å². The molecule has 3 amide bonds. The molecule has 1 aliphatic carbocycles. The van der Waals surface area contributed by atoms with Crippen LogP contribution in [0.15, 0.2) is 59.0 Å². The van der Waals surface area contributed by atoms with E-state index in [9.17, 15) is 14.4 Å². The fourth-order valence-electron chi connectivity index (χ4n) is 8.14. The number of carbonyl (C=O) groups excluding carboxylic acids is 3. The van der Waals surface area contributed by atoms with Crippen molar-refractivity contribution in [1.29, 1.82) is 0 Å². The third kappa shape index (κ3) is 9.43. The van der Waals surface area contributed by atoms with Crippen molar-refractivity contribution in [2.45, 2.75) is 95.7 Å². The van der Waals surface area contributed by atoms with Crippen LogP contribution in [0.1, 0.15) is 77.2 Å². The fourth-order valence-corrected chi connectivity index (χ4v) is 8.14. The molecule has 51 heavy (non-hydrogen) atoms. The van der Waals surface area contributed by atoms with Gasteiger partial charge in [0.2, 0.25) is 11.8 Å². The Morgan fingerprint density at radius 2 is 1.67 bits per heavy atom. The van der Waals surface area contributed by atoms with Gasteiger partial charge in [-0.25, -0.2) is 4.79 Å². The molecule has 0 bridgehead atoms. The van der Waals surface area contributed by atoms with E-state index in [1.807, 2.05) is 48.5 Å². The molecule has 276 valence electrons. The summed E-state index contributed by atoms with van der Waals surface area (Å²) in [7, 11) is 0. The van der Waals surface area contributed by atoms with Crippen LogP contribution in [0.4, 0.5) is 10.5 Å². The summed E-state index contributed by atoms with van der Waals surface area (Å²) >= 11 is 0. The van der Waals surface area contributed by atoms with E-state index in [4.69, 9.17) is 13.9 Å². The van der Waals surface area contributed by atoms with Crippen molar-refractivity contribution in [3.63, 3.8) is 0 Å². The number of nitrogens with zero attached hydrogens (tertiary/aromatic N) is 1. The van der Waals surface area contributed by atoms with E-state index >= 15 is 0 Å². The predicted octanol–water partition coefficient (Wildman–Crippen LogP) is 5.71. The van der Waals surface area contributed by atoms with Crippen LogP contribution in [0, 0.1) is 11.8 Å². The molecule has 0 radical (unpaired) electrons. The van der Waals surface area contributed by atoms with Crippen LogP contribution in [0.2, 0.25) is 0 Å². The Hall–Kier alpha value is -4.09. The summed E-state index contributed by atoms with van der Waals surface area (Å²) in [5, 5.41) is 13.7. The minimum absolute atomic E-state index is 0.0123. The lowest BCUT2D eigenvalue weighted by atomic mass is 9.82. The molecule has 11 heteroatoms. The Morgan fingerprint density at radius 1 is 0.941 bits per heavy atom. The van der Waals surface area contributed by atoms with Crippen molar-refractivity contribution >= 4 is 34.6 Å². The number of benzene rings is 2. The molecule has 3 heterocycles. The Bertz CT molecular complexity index is 1590. The van der Waals surface area contributed by atoms with Gasteiger partial charge in [0, 0.05) is 55.9 Å². The first-order chi connectivity index (χ1) is 24.9. The van der Waals surface area contributed by atoms with Gasteiger partial charge in [0.15, 0.2) is 0 Å². The van der Waals surface area contributed by atoms with Crippen LogP contribution in [0.25, 0.3) is 11.0 Å². The molecule has 2 saturated heterocycles. The number of carbonyl (C=O) groups is 3. The average molecular weight is 702 g/mol. The zero-order chi connectivity index (χ0) is 35.6. The molecular weight excluding hydrogens is 646 g/mol. The van der Waals surface area contributed by atoms with E-state index in [2.05, 4.69) is 40.0 Å². The molecule has 2 aromatic carbocycles. The molecule has 2 atom stereocenters. The Morgan fingerprint density at radius 3 is 2.37 bits per heavy atom. The number of furan rings is 1. The van der Waals surface area contributed by atoms with Crippen LogP contribution in [-0.2, 0) is 20.7 Å². The third-order valence-electron chi connectivity index (χ3n) is 11.1. The van der Waals surface area contributed by atoms with Crippen LogP contribution < -0.4 is 30.9 Å². The minimum Gasteiger partial charge on any atom is -0.425 e. The Balaban J connectivity index is 1.16. The predicted molar refractivity (Wildman–Crippen MR) is 198 cm³/mol. The summed E-state index contributed by atoms with van der Waals surface area (Å²) in [5.41, 5.74) is 1.41. The molecule has 1 aromatic heterocycles. The SMILES string of the molecule is CCN(CC)c1ccc2oc(OC(=O)NC3(C(=O)NC(Cc4ccccc4)C(=O)N[C@H](CC4CCOCC4)C4CCNCC4)CCCC3)cc2c1. The molecule has 0 spiro atoms. The number of hydrogen-bond acceptors (Lipinski definition) is 8. The van der Waals surface area contributed by atoms with Crippen LogP contribution >= 0.6 is 0 Å². The lowest BCUT2D eigenvalue weighted by molar-refractivity contribution is -0.133. The molecule has 6 rings (SSSR count). The number of piperidine rings is 1. The van der Waals surface area contributed by atoms with Crippen LogP contribution in [0.5, 0.6) is 5.95 Å². The molecule has 3 aromatic rings. The zero-order valence-corrected chi connectivity index (χ0v) is 30.2. The van der Waals surface area contributed by atoms with Gasteiger partial charge in [-0.2, -0.15) is 0 Å². The number of amides is 3. The normalized spacial score (nSPS) is 19.3. The third-order valence-corrected chi connectivity index (χ3v) is 11.1. The molecule has 11 nitrogen and oxygen atoms in total. The smallest absolute Gasteiger partial charge is 0.415 e. The summed E-state index contributed by atoms with van der Waals surface area (Å²) in [4.78, 5) is 44.1. The van der Waals surface area contributed by atoms with Crippen molar-refractivity contribution in [3.05, 3.63) is 60.2 Å². The molecule has 2 aliphatic heterocycles. The van der Waals surface area contributed by atoms with Crippen molar-refractivity contribution in [3.8, 4) is 5.95 Å². The van der Waals surface area contributed by atoms with Crippen molar-refractivity contribution < 1.29 is 28.3 Å². The first kappa shape index (κ1) is 36.7. The summed E-state index contributed by atoms with van der Waals surface area (Å²) in [6.07, 6.45) is 6.91. The minimum atomic E-state index is -1.20. The number of ether oxygens (including phenoxy) is 2. The number of nitrogens with one attached hydrogen (secondary N) is 4. The highest BCUT2D eigenvalue weighted by Gasteiger charge is 2.45. The Kier molecular flexibility index (Phi) is 12.5. The highest BCUT2D eigenvalue weighted by Crippen LogP contribution is 2.33. The van der Waals surface area contributed by atoms with Gasteiger partial charge < -0.3 is 40.1 Å². The summed E-state index contributed by atoms with van der Waals surface area (Å²) in [5.74, 6) is 0.358. The average Bonchev–Trinajstić information content (AvgIpc) is 3.80. The van der Waals surface area contributed by atoms with Gasteiger partial charge in [-0.1, -0.05) is 43.2 Å². The molecule has 3 fully saturated rings.